The molecule has 0 aliphatic rings. The van der Waals surface area contributed by atoms with Gasteiger partial charge in [-0.2, -0.15) is 0 Å². The predicted octanol–water partition coefficient (Wildman–Crippen LogP) is 7.16. The Hall–Kier alpha value is -3.80. The molecule has 0 aliphatic carbocycles. The number of anilines is 2. The summed E-state index contributed by atoms with van der Waals surface area (Å²) in [6.45, 7) is 0. The van der Waals surface area contributed by atoms with Gasteiger partial charge >= 0.3 is 0 Å². The Morgan fingerprint density at radius 2 is 1.48 bits per heavy atom. The first-order valence-corrected chi connectivity index (χ1v) is 10.7. The number of benzene rings is 3. The van der Waals surface area contributed by atoms with E-state index in [0.29, 0.717) is 27.7 Å². The fourth-order valence-electron chi connectivity index (χ4n) is 3.05. The fraction of sp³-hybridized carbons (Fsp3) is 0. The average molecular weight is 477 g/mol. The van der Waals surface area contributed by atoms with Crippen molar-refractivity contribution >= 4 is 52.5 Å². The van der Waals surface area contributed by atoms with Crippen molar-refractivity contribution in [1.82, 2.24) is 0 Å². The van der Waals surface area contributed by atoms with E-state index < -0.39 is 0 Å². The van der Waals surface area contributed by atoms with E-state index in [1.807, 2.05) is 36.4 Å². The second-order valence-corrected chi connectivity index (χ2v) is 7.89. The van der Waals surface area contributed by atoms with Crippen LogP contribution in [-0.4, -0.2) is 11.8 Å². The lowest BCUT2D eigenvalue weighted by atomic mass is 10.2. The number of hydrogen-bond acceptors (Lipinski definition) is 3. The van der Waals surface area contributed by atoms with Gasteiger partial charge in [-0.15, -0.1) is 0 Å². The van der Waals surface area contributed by atoms with E-state index in [9.17, 15) is 9.59 Å². The molecule has 0 saturated heterocycles. The maximum Gasteiger partial charge on any atom is 0.257 e. The molecule has 0 unspecified atom stereocenters. The van der Waals surface area contributed by atoms with Gasteiger partial charge in [0, 0.05) is 28.0 Å². The van der Waals surface area contributed by atoms with E-state index >= 15 is 0 Å². The molecular weight excluding hydrogens is 459 g/mol. The number of furan rings is 1. The monoisotopic (exact) mass is 476 g/mol. The molecule has 164 valence electrons. The lowest BCUT2D eigenvalue weighted by Crippen LogP contribution is -2.12. The van der Waals surface area contributed by atoms with Crippen LogP contribution in [-0.2, 0) is 4.79 Å². The summed E-state index contributed by atoms with van der Waals surface area (Å²) in [4.78, 5) is 24.6. The van der Waals surface area contributed by atoms with Crippen molar-refractivity contribution in [2.24, 2.45) is 0 Å². The molecule has 2 N–H and O–H groups in total. The second-order valence-electron chi connectivity index (χ2n) is 7.05. The highest BCUT2D eigenvalue weighted by atomic mass is 35.5. The van der Waals surface area contributed by atoms with Gasteiger partial charge < -0.3 is 15.1 Å². The number of carbonyl (C=O) groups is 2. The Morgan fingerprint density at radius 3 is 2.18 bits per heavy atom. The van der Waals surface area contributed by atoms with Crippen LogP contribution < -0.4 is 10.6 Å². The van der Waals surface area contributed by atoms with Gasteiger partial charge in [-0.3, -0.25) is 9.59 Å². The molecule has 0 aliphatic heterocycles. The lowest BCUT2D eigenvalue weighted by Gasteiger charge is -2.08. The Kier molecular flexibility index (Phi) is 6.93. The fourth-order valence-corrected chi connectivity index (χ4v) is 3.54. The van der Waals surface area contributed by atoms with E-state index in [2.05, 4.69) is 10.6 Å². The summed E-state index contributed by atoms with van der Waals surface area (Å²) in [5.74, 6) is 0.637. The smallest absolute Gasteiger partial charge is 0.257 e. The third kappa shape index (κ3) is 5.92. The molecule has 4 aromatic rings. The summed E-state index contributed by atoms with van der Waals surface area (Å²) >= 11 is 11.9. The second kappa shape index (κ2) is 10.2. The van der Waals surface area contributed by atoms with Crippen LogP contribution in [0.5, 0.6) is 0 Å². The van der Waals surface area contributed by atoms with Crippen LogP contribution in [0.2, 0.25) is 10.0 Å². The first-order valence-electron chi connectivity index (χ1n) is 9.99. The van der Waals surface area contributed by atoms with Gasteiger partial charge in [-0.05, 0) is 60.7 Å². The van der Waals surface area contributed by atoms with E-state index in [-0.39, 0.29) is 16.8 Å². The molecule has 0 atom stereocenters. The van der Waals surface area contributed by atoms with E-state index in [1.54, 1.807) is 48.5 Å². The predicted molar refractivity (Wildman–Crippen MR) is 133 cm³/mol. The lowest BCUT2D eigenvalue weighted by molar-refractivity contribution is -0.111. The Labute approximate surface area is 200 Å². The van der Waals surface area contributed by atoms with Gasteiger partial charge in [-0.1, -0.05) is 53.5 Å². The van der Waals surface area contributed by atoms with E-state index in [1.165, 1.54) is 12.1 Å². The number of halogens is 2. The molecule has 0 bridgehead atoms. The number of carbonyl (C=O) groups excluding carboxylic acids is 2. The van der Waals surface area contributed by atoms with Crippen molar-refractivity contribution in [3.63, 3.8) is 0 Å². The molecule has 0 radical (unpaired) electrons. The van der Waals surface area contributed by atoms with Gasteiger partial charge in [-0.25, -0.2) is 0 Å². The first-order chi connectivity index (χ1) is 16.0. The zero-order valence-corrected chi connectivity index (χ0v) is 18.7. The summed E-state index contributed by atoms with van der Waals surface area (Å²) in [6.07, 6.45) is 3.00. The molecule has 33 heavy (non-hydrogen) atoms. The highest BCUT2D eigenvalue weighted by Crippen LogP contribution is 2.24. The molecule has 1 aromatic heterocycles. The van der Waals surface area contributed by atoms with Crippen molar-refractivity contribution in [3.05, 3.63) is 112 Å². The van der Waals surface area contributed by atoms with Crippen molar-refractivity contribution in [2.45, 2.75) is 0 Å². The Morgan fingerprint density at radius 1 is 0.788 bits per heavy atom. The van der Waals surface area contributed by atoms with Crippen LogP contribution in [0.1, 0.15) is 16.1 Å². The SMILES string of the molecule is O=C(/C=C/c1ccc(-c2ccccc2)o1)Nc1ccc(NC(=O)c2ccc(Cl)cc2Cl)cc1. The third-order valence-corrected chi connectivity index (χ3v) is 5.22. The van der Waals surface area contributed by atoms with Gasteiger partial charge in [0.15, 0.2) is 0 Å². The summed E-state index contributed by atoms with van der Waals surface area (Å²) in [7, 11) is 0. The highest BCUT2D eigenvalue weighted by Gasteiger charge is 2.11. The minimum atomic E-state index is -0.357. The van der Waals surface area contributed by atoms with Crippen LogP contribution in [0.4, 0.5) is 11.4 Å². The Bertz CT molecular complexity index is 1310. The quantitative estimate of drug-likeness (QED) is 0.290. The molecule has 7 heteroatoms. The molecule has 0 saturated carbocycles. The number of rotatable bonds is 6. The molecule has 1 heterocycles. The Balaban J connectivity index is 1.33. The molecule has 0 spiro atoms. The first kappa shape index (κ1) is 22.4. The topological polar surface area (TPSA) is 71.3 Å². The van der Waals surface area contributed by atoms with Crippen LogP contribution in [0.15, 0.2) is 95.4 Å². The molecular formula is C26H18Cl2N2O3. The third-order valence-electron chi connectivity index (χ3n) is 4.67. The molecule has 0 fully saturated rings. The van der Waals surface area contributed by atoms with E-state index in [4.69, 9.17) is 27.6 Å². The summed E-state index contributed by atoms with van der Waals surface area (Å²) < 4.78 is 5.75. The zero-order valence-electron chi connectivity index (χ0n) is 17.2. The highest BCUT2D eigenvalue weighted by molar-refractivity contribution is 6.37. The maximum atomic E-state index is 12.4. The number of amides is 2. The minimum absolute atomic E-state index is 0.267. The molecule has 4 rings (SSSR count). The van der Waals surface area contributed by atoms with Crippen LogP contribution in [0.3, 0.4) is 0 Å². The van der Waals surface area contributed by atoms with Gasteiger partial charge in [0.05, 0.1) is 10.6 Å². The van der Waals surface area contributed by atoms with Gasteiger partial charge in [0.2, 0.25) is 5.91 Å². The summed E-state index contributed by atoms with van der Waals surface area (Å²) in [6, 6.07) is 24.8. The van der Waals surface area contributed by atoms with Crippen LogP contribution >= 0.6 is 23.2 Å². The van der Waals surface area contributed by atoms with Crippen molar-refractivity contribution in [3.8, 4) is 11.3 Å². The molecule has 5 nitrogen and oxygen atoms in total. The van der Waals surface area contributed by atoms with Crippen LogP contribution in [0, 0.1) is 0 Å². The normalized spacial score (nSPS) is 10.8. The average Bonchev–Trinajstić information content (AvgIpc) is 3.29. The molecule has 3 aromatic carbocycles. The molecule has 2 amide bonds. The van der Waals surface area contributed by atoms with E-state index in [0.717, 1.165) is 11.3 Å². The number of nitrogens with one attached hydrogen (secondary N) is 2. The summed E-state index contributed by atoms with van der Waals surface area (Å²) in [5.41, 5.74) is 2.42. The van der Waals surface area contributed by atoms with Crippen molar-refractivity contribution in [1.29, 1.82) is 0 Å². The minimum Gasteiger partial charge on any atom is -0.457 e. The van der Waals surface area contributed by atoms with Crippen LogP contribution in [0.25, 0.3) is 17.4 Å². The van der Waals surface area contributed by atoms with Crippen molar-refractivity contribution < 1.29 is 14.0 Å². The standard InChI is InChI=1S/C26H18Cl2N2O3/c27-18-6-13-22(23(28)16-18)26(32)30-20-9-7-19(8-10-20)29-25(31)15-12-21-11-14-24(33-21)17-4-2-1-3-5-17/h1-16H,(H,29,31)(H,30,32)/b15-12+. The maximum absolute atomic E-state index is 12.4. The van der Waals surface area contributed by atoms with Gasteiger partial charge in [0.25, 0.3) is 5.91 Å². The largest absolute Gasteiger partial charge is 0.457 e. The summed E-state index contributed by atoms with van der Waals surface area (Å²) in [5, 5.41) is 6.24. The van der Waals surface area contributed by atoms with Gasteiger partial charge in [0.1, 0.15) is 11.5 Å². The van der Waals surface area contributed by atoms with Crippen molar-refractivity contribution in [2.75, 3.05) is 10.6 Å². The number of hydrogen-bond donors (Lipinski definition) is 2. The zero-order chi connectivity index (χ0) is 23.2.